The minimum atomic E-state index is -0.723. The molecule has 0 aliphatic carbocycles. The van der Waals surface area contributed by atoms with E-state index in [1.54, 1.807) is 30.8 Å². The number of rotatable bonds is 8. The third-order valence-electron chi connectivity index (χ3n) is 3.44. The van der Waals surface area contributed by atoms with Crippen molar-refractivity contribution in [3.63, 3.8) is 0 Å². The van der Waals surface area contributed by atoms with E-state index >= 15 is 0 Å². The van der Waals surface area contributed by atoms with Gasteiger partial charge in [-0.2, -0.15) is 11.8 Å². The van der Waals surface area contributed by atoms with E-state index in [-0.39, 0.29) is 6.04 Å². The molecule has 1 aromatic rings. The van der Waals surface area contributed by atoms with Crippen molar-refractivity contribution in [3.05, 3.63) is 34.9 Å². The number of aryl methyl sites for hydroxylation is 1. The number of halogens is 2. The molecule has 0 aliphatic heterocycles. The van der Waals surface area contributed by atoms with Gasteiger partial charge in [-0.1, -0.05) is 32.9 Å². The van der Waals surface area contributed by atoms with Gasteiger partial charge in [0.2, 0.25) is 0 Å². The van der Waals surface area contributed by atoms with Crippen molar-refractivity contribution in [2.24, 2.45) is 0 Å². The van der Waals surface area contributed by atoms with Crippen LogP contribution in [0.3, 0.4) is 0 Å². The number of hydrogen-bond acceptors (Lipinski definition) is 2. The zero-order chi connectivity index (χ0) is 15.1. The van der Waals surface area contributed by atoms with E-state index in [1.807, 2.05) is 0 Å². The molecule has 0 amide bonds. The fourth-order valence-electron chi connectivity index (χ4n) is 1.89. The molecular weight excluding hydrogens is 276 g/mol. The summed E-state index contributed by atoms with van der Waals surface area (Å²) in [6, 6.07) is 3.23. The molecule has 0 radical (unpaired) electrons. The average Bonchev–Trinajstić information content (AvgIpc) is 2.45. The molecule has 1 N–H and O–H groups in total. The van der Waals surface area contributed by atoms with Gasteiger partial charge in [0.05, 0.1) is 0 Å². The van der Waals surface area contributed by atoms with Crippen LogP contribution in [0.2, 0.25) is 0 Å². The largest absolute Gasteiger partial charge is 0.309 e. The average molecular weight is 301 g/mol. The Hall–Kier alpha value is -0.610. The summed E-state index contributed by atoms with van der Waals surface area (Å²) in [6.45, 7) is 8.76. The van der Waals surface area contributed by atoms with Crippen LogP contribution in [0.25, 0.3) is 0 Å². The van der Waals surface area contributed by atoms with Crippen molar-refractivity contribution in [2.75, 3.05) is 12.3 Å². The summed E-state index contributed by atoms with van der Waals surface area (Å²) >= 11 is 1.80. The first-order valence-electron chi connectivity index (χ1n) is 7.30. The van der Waals surface area contributed by atoms with E-state index in [0.717, 1.165) is 25.1 Å². The van der Waals surface area contributed by atoms with Crippen molar-refractivity contribution in [1.82, 2.24) is 5.32 Å². The Morgan fingerprint density at radius 2 is 1.90 bits per heavy atom. The van der Waals surface area contributed by atoms with Crippen LogP contribution in [0.1, 0.15) is 50.8 Å². The van der Waals surface area contributed by atoms with E-state index in [2.05, 4.69) is 26.1 Å². The maximum absolute atomic E-state index is 14.1. The molecule has 1 rings (SSSR count). The second-order valence-corrected chi connectivity index (χ2v) is 6.63. The minimum Gasteiger partial charge on any atom is -0.309 e. The molecule has 20 heavy (non-hydrogen) atoms. The highest BCUT2D eigenvalue weighted by Gasteiger charge is 2.19. The highest BCUT2D eigenvalue weighted by molar-refractivity contribution is 7.99. The van der Waals surface area contributed by atoms with Gasteiger partial charge in [0.25, 0.3) is 0 Å². The number of hydrogen-bond donors (Lipinski definition) is 1. The number of nitrogens with one attached hydrogen (secondary N) is 1. The smallest absolute Gasteiger partial charge is 0.163 e. The predicted molar refractivity (Wildman–Crippen MR) is 84.3 cm³/mol. The maximum Gasteiger partial charge on any atom is 0.163 e. The third kappa shape index (κ3) is 4.74. The molecule has 0 aromatic heterocycles. The number of thioether (sulfide) groups is 1. The van der Waals surface area contributed by atoms with E-state index in [1.165, 1.54) is 0 Å². The topological polar surface area (TPSA) is 12.0 Å². The Morgan fingerprint density at radius 3 is 2.50 bits per heavy atom. The molecule has 0 saturated heterocycles. The third-order valence-corrected chi connectivity index (χ3v) is 4.87. The lowest BCUT2D eigenvalue weighted by Crippen LogP contribution is -2.26. The van der Waals surface area contributed by atoms with Gasteiger partial charge in [0, 0.05) is 22.6 Å². The fourth-order valence-corrected chi connectivity index (χ4v) is 2.94. The quantitative estimate of drug-likeness (QED) is 0.737. The highest BCUT2D eigenvalue weighted by Crippen LogP contribution is 2.27. The van der Waals surface area contributed by atoms with Gasteiger partial charge >= 0.3 is 0 Å². The first-order valence-corrected chi connectivity index (χ1v) is 8.35. The normalized spacial score (nSPS) is 14.3. The molecule has 1 aromatic carbocycles. The molecule has 114 valence electrons. The summed E-state index contributed by atoms with van der Waals surface area (Å²) in [4.78, 5) is 0. The van der Waals surface area contributed by atoms with Crippen LogP contribution in [0.15, 0.2) is 12.1 Å². The van der Waals surface area contributed by atoms with E-state index in [4.69, 9.17) is 0 Å². The first kappa shape index (κ1) is 17.4. The van der Waals surface area contributed by atoms with Crippen molar-refractivity contribution < 1.29 is 8.78 Å². The Balaban J connectivity index is 2.89. The second kappa shape index (κ2) is 8.63. The van der Waals surface area contributed by atoms with Gasteiger partial charge in [-0.15, -0.1) is 0 Å². The van der Waals surface area contributed by atoms with E-state index in [9.17, 15) is 8.78 Å². The second-order valence-electron chi connectivity index (χ2n) is 5.16. The molecule has 2 unspecified atom stereocenters. The Morgan fingerprint density at radius 1 is 1.20 bits per heavy atom. The van der Waals surface area contributed by atoms with Crippen LogP contribution in [0, 0.1) is 18.6 Å². The molecule has 0 bridgehead atoms. The van der Waals surface area contributed by atoms with Gasteiger partial charge in [-0.25, -0.2) is 8.78 Å². The van der Waals surface area contributed by atoms with Crippen LogP contribution in [-0.4, -0.2) is 17.5 Å². The van der Waals surface area contributed by atoms with E-state index in [0.29, 0.717) is 16.4 Å². The molecular formula is C16H25F2NS. The highest BCUT2D eigenvalue weighted by atomic mass is 32.2. The summed E-state index contributed by atoms with van der Waals surface area (Å²) in [5.41, 5.74) is 0.799. The van der Waals surface area contributed by atoms with Crippen LogP contribution >= 0.6 is 11.8 Å². The maximum atomic E-state index is 14.1. The zero-order valence-corrected chi connectivity index (χ0v) is 13.6. The van der Waals surface area contributed by atoms with Gasteiger partial charge in [0.1, 0.15) is 0 Å². The van der Waals surface area contributed by atoms with Crippen LogP contribution in [0.5, 0.6) is 0 Å². The Labute approximate surface area is 125 Å². The first-order chi connectivity index (χ1) is 9.51. The summed E-state index contributed by atoms with van der Waals surface area (Å²) < 4.78 is 27.9. The van der Waals surface area contributed by atoms with Crippen molar-refractivity contribution in [1.29, 1.82) is 0 Å². The van der Waals surface area contributed by atoms with Crippen LogP contribution in [0.4, 0.5) is 8.78 Å². The van der Waals surface area contributed by atoms with Crippen molar-refractivity contribution in [3.8, 4) is 0 Å². The van der Waals surface area contributed by atoms with E-state index < -0.39 is 11.6 Å². The van der Waals surface area contributed by atoms with Crippen LogP contribution in [-0.2, 0) is 0 Å². The monoisotopic (exact) mass is 301 g/mol. The standard InChI is InChI=1S/C16H25F2NS/c1-5-9-19-14(10-20-12(4)6-2)13-8-7-11(3)15(17)16(13)18/h7-8,12,14,19H,5-6,9-10H2,1-4H3. The van der Waals surface area contributed by atoms with Gasteiger partial charge in [-0.3, -0.25) is 0 Å². The summed E-state index contributed by atoms with van der Waals surface area (Å²) in [5.74, 6) is -0.670. The zero-order valence-electron chi connectivity index (χ0n) is 12.8. The Bertz CT molecular complexity index is 423. The van der Waals surface area contributed by atoms with Crippen molar-refractivity contribution >= 4 is 11.8 Å². The lowest BCUT2D eigenvalue weighted by molar-refractivity contribution is 0.471. The molecule has 0 spiro atoms. The molecule has 0 heterocycles. The molecule has 0 fully saturated rings. The predicted octanol–water partition coefficient (Wildman–Crippen LogP) is 4.85. The summed E-state index contributed by atoms with van der Waals surface area (Å²) in [5, 5.41) is 3.85. The summed E-state index contributed by atoms with van der Waals surface area (Å²) in [7, 11) is 0. The molecule has 0 aliphatic rings. The minimum absolute atomic E-state index is 0.135. The summed E-state index contributed by atoms with van der Waals surface area (Å²) in [6.07, 6.45) is 2.05. The molecule has 2 atom stereocenters. The molecule has 4 heteroatoms. The lowest BCUT2D eigenvalue weighted by atomic mass is 10.0. The van der Waals surface area contributed by atoms with Gasteiger partial charge in [0.15, 0.2) is 11.6 Å². The van der Waals surface area contributed by atoms with Crippen LogP contribution < -0.4 is 5.32 Å². The number of benzene rings is 1. The fraction of sp³-hybridized carbons (Fsp3) is 0.625. The Kier molecular flexibility index (Phi) is 7.52. The lowest BCUT2D eigenvalue weighted by Gasteiger charge is -2.21. The SMILES string of the molecule is CCCNC(CSC(C)CC)c1ccc(C)c(F)c1F. The van der Waals surface area contributed by atoms with Gasteiger partial charge < -0.3 is 5.32 Å². The van der Waals surface area contributed by atoms with Gasteiger partial charge in [-0.05, 0) is 31.9 Å². The van der Waals surface area contributed by atoms with Crippen molar-refractivity contribution in [2.45, 2.75) is 51.8 Å². The molecule has 0 saturated carbocycles. The molecule has 1 nitrogen and oxygen atoms in total.